The summed E-state index contributed by atoms with van der Waals surface area (Å²) < 4.78 is 12.9. The van der Waals surface area contributed by atoms with Gasteiger partial charge in [-0.2, -0.15) is 0 Å². The van der Waals surface area contributed by atoms with E-state index in [2.05, 4.69) is 10.3 Å². The van der Waals surface area contributed by atoms with Gasteiger partial charge in [-0.25, -0.2) is 9.37 Å². The molecular weight excluding hydrogens is 253 g/mol. The van der Waals surface area contributed by atoms with E-state index in [4.69, 9.17) is 5.73 Å². The summed E-state index contributed by atoms with van der Waals surface area (Å²) in [7, 11) is 0. The van der Waals surface area contributed by atoms with Crippen molar-refractivity contribution in [2.24, 2.45) is 0 Å². The van der Waals surface area contributed by atoms with E-state index in [0.29, 0.717) is 17.4 Å². The lowest BCUT2D eigenvalue weighted by molar-refractivity contribution is -0.120. The average Bonchev–Trinajstić information content (AvgIpc) is 2.72. The van der Waals surface area contributed by atoms with Crippen LogP contribution in [-0.4, -0.2) is 10.9 Å². The average molecular weight is 265 g/mol. The van der Waals surface area contributed by atoms with E-state index < -0.39 is 0 Å². The molecule has 0 aliphatic heterocycles. The first kappa shape index (κ1) is 12.5. The number of halogens is 1. The maximum Gasteiger partial charge on any atom is 0.226 e. The van der Waals surface area contributed by atoms with Gasteiger partial charge in [0.15, 0.2) is 5.13 Å². The Hall–Kier alpha value is -1.95. The fourth-order valence-electron chi connectivity index (χ4n) is 1.48. The number of nitrogen functional groups attached to an aromatic ring is 1. The number of carbonyl (C=O) groups excluding carboxylic acids is 1. The zero-order valence-electron chi connectivity index (χ0n) is 9.52. The zero-order valence-corrected chi connectivity index (χ0v) is 10.3. The van der Waals surface area contributed by atoms with Crippen molar-refractivity contribution in [2.75, 3.05) is 5.73 Å². The molecule has 18 heavy (non-hydrogen) atoms. The minimum atomic E-state index is -0.311. The first-order chi connectivity index (χ1) is 8.63. The van der Waals surface area contributed by atoms with Gasteiger partial charge in [0.2, 0.25) is 5.91 Å². The Morgan fingerprint density at radius 1 is 1.50 bits per heavy atom. The van der Waals surface area contributed by atoms with Gasteiger partial charge in [0.05, 0.1) is 12.1 Å². The number of anilines is 1. The molecule has 1 amide bonds. The number of hydrogen-bond acceptors (Lipinski definition) is 4. The van der Waals surface area contributed by atoms with Crippen molar-refractivity contribution in [1.82, 2.24) is 10.3 Å². The molecule has 1 aromatic heterocycles. The Morgan fingerprint density at radius 3 is 3.00 bits per heavy atom. The Bertz CT molecular complexity index is 556. The number of nitrogens with one attached hydrogen (secondary N) is 1. The first-order valence-corrected chi connectivity index (χ1v) is 6.22. The minimum Gasteiger partial charge on any atom is -0.375 e. The van der Waals surface area contributed by atoms with Crippen molar-refractivity contribution in [3.63, 3.8) is 0 Å². The van der Waals surface area contributed by atoms with Crippen molar-refractivity contribution in [2.45, 2.75) is 13.0 Å². The number of benzene rings is 1. The molecule has 3 N–H and O–H groups in total. The van der Waals surface area contributed by atoms with Gasteiger partial charge in [0.1, 0.15) is 5.82 Å². The van der Waals surface area contributed by atoms with E-state index in [-0.39, 0.29) is 18.1 Å². The third kappa shape index (κ3) is 3.53. The molecule has 0 radical (unpaired) electrons. The number of hydrogen-bond donors (Lipinski definition) is 2. The molecule has 94 valence electrons. The van der Waals surface area contributed by atoms with E-state index in [9.17, 15) is 9.18 Å². The molecule has 2 aromatic rings. The number of rotatable bonds is 4. The predicted octanol–water partition coefficient (Wildman–Crippen LogP) is 1.72. The summed E-state index contributed by atoms with van der Waals surface area (Å²) in [5.74, 6) is -0.474. The first-order valence-electron chi connectivity index (χ1n) is 5.34. The number of nitrogens with two attached hydrogens (primary N) is 1. The normalized spacial score (nSPS) is 10.3. The number of amides is 1. The number of carbonyl (C=O) groups is 1. The molecular formula is C12H12FN3OS. The molecule has 4 nitrogen and oxygen atoms in total. The van der Waals surface area contributed by atoms with Gasteiger partial charge in [0.25, 0.3) is 0 Å². The number of thiazole rings is 1. The standard InChI is InChI=1S/C12H12FN3OS/c13-9-3-1-2-8(4-9)6-15-11(17)5-10-7-18-12(14)16-10/h1-4,7H,5-6H2,(H2,14,16)(H,15,17). The zero-order chi connectivity index (χ0) is 13.0. The third-order valence-electron chi connectivity index (χ3n) is 2.29. The largest absolute Gasteiger partial charge is 0.375 e. The lowest BCUT2D eigenvalue weighted by atomic mass is 10.2. The molecule has 2 rings (SSSR count). The molecule has 0 saturated carbocycles. The van der Waals surface area contributed by atoms with Gasteiger partial charge < -0.3 is 11.1 Å². The number of nitrogens with zero attached hydrogens (tertiary/aromatic N) is 1. The van der Waals surface area contributed by atoms with E-state index >= 15 is 0 Å². The van der Waals surface area contributed by atoms with Crippen LogP contribution in [0, 0.1) is 5.82 Å². The molecule has 6 heteroatoms. The van der Waals surface area contributed by atoms with Crippen molar-refractivity contribution >= 4 is 22.4 Å². The van der Waals surface area contributed by atoms with Crippen LogP contribution < -0.4 is 11.1 Å². The monoisotopic (exact) mass is 265 g/mol. The molecule has 0 atom stereocenters. The fourth-order valence-corrected chi connectivity index (χ4v) is 2.04. The van der Waals surface area contributed by atoms with Gasteiger partial charge in [-0.15, -0.1) is 11.3 Å². The van der Waals surface area contributed by atoms with Crippen LogP contribution in [0.4, 0.5) is 9.52 Å². The van der Waals surface area contributed by atoms with Crippen molar-refractivity contribution < 1.29 is 9.18 Å². The van der Waals surface area contributed by atoms with Gasteiger partial charge in [0, 0.05) is 11.9 Å². The Balaban J connectivity index is 1.85. The van der Waals surface area contributed by atoms with E-state index in [1.54, 1.807) is 17.5 Å². The smallest absolute Gasteiger partial charge is 0.226 e. The highest BCUT2D eigenvalue weighted by atomic mass is 32.1. The van der Waals surface area contributed by atoms with Crippen LogP contribution in [0.3, 0.4) is 0 Å². The molecule has 0 bridgehead atoms. The molecule has 0 unspecified atom stereocenters. The topological polar surface area (TPSA) is 68.0 Å². The van der Waals surface area contributed by atoms with Gasteiger partial charge in [-0.05, 0) is 17.7 Å². The lowest BCUT2D eigenvalue weighted by Gasteiger charge is -2.04. The Kier molecular flexibility index (Phi) is 3.88. The Morgan fingerprint density at radius 2 is 2.33 bits per heavy atom. The predicted molar refractivity (Wildman–Crippen MR) is 68.5 cm³/mol. The molecule has 0 aliphatic rings. The fraction of sp³-hybridized carbons (Fsp3) is 0.167. The van der Waals surface area contributed by atoms with Gasteiger partial charge >= 0.3 is 0 Å². The summed E-state index contributed by atoms with van der Waals surface area (Å²) in [6.07, 6.45) is 0.184. The van der Waals surface area contributed by atoms with E-state index in [1.165, 1.54) is 23.5 Å². The van der Waals surface area contributed by atoms with Crippen LogP contribution in [0.2, 0.25) is 0 Å². The van der Waals surface area contributed by atoms with Crippen LogP contribution in [-0.2, 0) is 17.8 Å². The summed E-state index contributed by atoms with van der Waals surface area (Å²) in [4.78, 5) is 15.6. The highest BCUT2D eigenvalue weighted by Crippen LogP contribution is 2.11. The molecule has 0 spiro atoms. The summed E-state index contributed by atoms with van der Waals surface area (Å²) in [6.45, 7) is 0.302. The van der Waals surface area contributed by atoms with E-state index in [0.717, 1.165) is 5.56 Å². The minimum absolute atomic E-state index is 0.162. The van der Waals surface area contributed by atoms with Crippen LogP contribution in [0.25, 0.3) is 0 Å². The SMILES string of the molecule is Nc1nc(CC(=O)NCc2cccc(F)c2)cs1. The van der Waals surface area contributed by atoms with Crippen molar-refractivity contribution in [3.05, 3.63) is 46.7 Å². The van der Waals surface area contributed by atoms with Crippen LogP contribution >= 0.6 is 11.3 Å². The number of aromatic nitrogens is 1. The van der Waals surface area contributed by atoms with E-state index in [1.807, 2.05) is 0 Å². The maximum atomic E-state index is 12.9. The summed E-state index contributed by atoms with van der Waals surface area (Å²) in [5.41, 5.74) is 6.84. The molecule has 1 aromatic carbocycles. The molecule has 0 aliphatic carbocycles. The van der Waals surface area contributed by atoms with Gasteiger partial charge in [-0.3, -0.25) is 4.79 Å². The summed E-state index contributed by atoms with van der Waals surface area (Å²) in [5, 5.41) is 4.90. The van der Waals surface area contributed by atoms with Crippen LogP contribution in [0.1, 0.15) is 11.3 Å². The maximum absolute atomic E-state index is 12.9. The van der Waals surface area contributed by atoms with Crippen molar-refractivity contribution in [3.8, 4) is 0 Å². The molecule has 1 heterocycles. The molecule has 0 fully saturated rings. The second kappa shape index (κ2) is 5.59. The molecule has 0 saturated heterocycles. The van der Waals surface area contributed by atoms with Crippen LogP contribution in [0.5, 0.6) is 0 Å². The highest BCUT2D eigenvalue weighted by Gasteiger charge is 2.06. The van der Waals surface area contributed by atoms with Crippen molar-refractivity contribution in [1.29, 1.82) is 0 Å². The second-order valence-corrected chi connectivity index (χ2v) is 4.65. The summed E-state index contributed by atoms with van der Waals surface area (Å²) >= 11 is 1.30. The highest BCUT2D eigenvalue weighted by molar-refractivity contribution is 7.13. The van der Waals surface area contributed by atoms with Gasteiger partial charge in [-0.1, -0.05) is 12.1 Å². The quantitative estimate of drug-likeness (QED) is 0.884. The lowest BCUT2D eigenvalue weighted by Crippen LogP contribution is -2.24. The Labute approximate surface area is 108 Å². The second-order valence-electron chi connectivity index (χ2n) is 3.76. The van der Waals surface area contributed by atoms with Crippen LogP contribution in [0.15, 0.2) is 29.6 Å². The summed E-state index contributed by atoms with van der Waals surface area (Å²) in [6, 6.07) is 6.12. The third-order valence-corrected chi connectivity index (χ3v) is 3.01.